The smallest absolute Gasteiger partial charge is 0.207 e. The molecule has 1 aromatic rings. The molecule has 0 aromatic heterocycles. The SMILES string of the molecule is CC(C)N(CC#N)S(=O)(=O)c1ccc(Cl)c(Br)c1. The molecule has 98 valence electrons. The van der Waals surface area contributed by atoms with Crippen LogP contribution in [0.5, 0.6) is 0 Å². The van der Waals surface area contributed by atoms with E-state index in [4.69, 9.17) is 16.9 Å². The number of hydrogen-bond acceptors (Lipinski definition) is 3. The van der Waals surface area contributed by atoms with Crippen molar-refractivity contribution in [2.24, 2.45) is 0 Å². The summed E-state index contributed by atoms with van der Waals surface area (Å²) in [6, 6.07) is 5.94. The average molecular weight is 352 g/mol. The monoisotopic (exact) mass is 350 g/mol. The molecule has 0 aliphatic carbocycles. The first-order chi connectivity index (χ1) is 8.30. The zero-order valence-electron chi connectivity index (χ0n) is 9.89. The summed E-state index contributed by atoms with van der Waals surface area (Å²) in [6.45, 7) is 3.26. The number of nitriles is 1. The van der Waals surface area contributed by atoms with Crippen molar-refractivity contribution in [1.29, 1.82) is 5.26 Å². The maximum absolute atomic E-state index is 12.3. The van der Waals surface area contributed by atoms with Crippen LogP contribution < -0.4 is 0 Å². The number of hydrogen-bond donors (Lipinski definition) is 0. The summed E-state index contributed by atoms with van der Waals surface area (Å²) in [5, 5.41) is 9.14. The minimum Gasteiger partial charge on any atom is -0.207 e. The number of nitrogens with zero attached hydrogens (tertiary/aromatic N) is 2. The maximum Gasteiger partial charge on any atom is 0.244 e. The topological polar surface area (TPSA) is 61.2 Å². The van der Waals surface area contributed by atoms with Gasteiger partial charge in [-0.25, -0.2) is 8.42 Å². The quantitative estimate of drug-likeness (QED) is 0.783. The van der Waals surface area contributed by atoms with Crippen molar-refractivity contribution in [3.8, 4) is 6.07 Å². The van der Waals surface area contributed by atoms with E-state index in [1.807, 2.05) is 6.07 Å². The average Bonchev–Trinajstić information content (AvgIpc) is 2.28. The maximum atomic E-state index is 12.3. The second-order valence-electron chi connectivity index (χ2n) is 3.88. The van der Waals surface area contributed by atoms with E-state index in [1.165, 1.54) is 18.2 Å². The van der Waals surface area contributed by atoms with E-state index in [0.29, 0.717) is 9.50 Å². The van der Waals surface area contributed by atoms with Crippen molar-refractivity contribution in [3.63, 3.8) is 0 Å². The van der Waals surface area contributed by atoms with Crippen molar-refractivity contribution >= 4 is 37.6 Å². The predicted octanol–water partition coefficient (Wildman–Crippen LogP) is 3.03. The van der Waals surface area contributed by atoms with Gasteiger partial charge in [-0.05, 0) is 48.0 Å². The van der Waals surface area contributed by atoms with Gasteiger partial charge in [0.2, 0.25) is 10.0 Å². The van der Waals surface area contributed by atoms with Gasteiger partial charge in [-0.1, -0.05) is 11.6 Å². The summed E-state index contributed by atoms with van der Waals surface area (Å²) in [5.74, 6) is 0. The highest BCUT2D eigenvalue weighted by Crippen LogP contribution is 2.27. The van der Waals surface area contributed by atoms with Gasteiger partial charge < -0.3 is 0 Å². The Bertz CT molecular complexity index is 581. The van der Waals surface area contributed by atoms with Crippen LogP contribution in [0.3, 0.4) is 0 Å². The number of benzene rings is 1. The fourth-order valence-electron chi connectivity index (χ4n) is 1.39. The third-order valence-electron chi connectivity index (χ3n) is 2.30. The molecule has 1 rings (SSSR count). The first kappa shape index (κ1) is 15.4. The molecule has 0 saturated carbocycles. The van der Waals surface area contributed by atoms with E-state index in [0.717, 1.165) is 4.31 Å². The Kier molecular flexibility index (Phi) is 5.17. The first-order valence-corrected chi connectivity index (χ1v) is 7.75. The molecule has 0 spiro atoms. The minimum absolute atomic E-state index is 0.114. The Morgan fingerprint density at radius 3 is 2.56 bits per heavy atom. The minimum atomic E-state index is -3.68. The molecular formula is C11H12BrClN2O2S. The third-order valence-corrected chi connectivity index (χ3v) is 5.53. The van der Waals surface area contributed by atoms with Crippen LogP contribution in [0.2, 0.25) is 5.02 Å². The van der Waals surface area contributed by atoms with Crippen LogP contribution >= 0.6 is 27.5 Å². The van der Waals surface area contributed by atoms with Crippen LogP contribution in [0.25, 0.3) is 0 Å². The Labute approximate surface area is 120 Å². The van der Waals surface area contributed by atoms with E-state index < -0.39 is 10.0 Å². The van der Waals surface area contributed by atoms with E-state index >= 15 is 0 Å². The summed E-state index contributed by atoms with van der Waals surface area (Å²) < 4.78 is 26.3. The number of sulfonamides is 1. The van der Waals surface area contributed by atoms with E-state index in [9.17, 15) is 8.42 Å². The van der Waals surface area contributed by atoms with Gasteiger partial charge in [0.05, 0.1) is 16.0 Å². The molecule has 4 nitrogen and oxygen atoms in total. The van der Waals surface area contributed by atoms with E-state index in [1.54, 1.807) is 13.8 Å². The number of halogens is 2. The molecule has 1 aromatic carbocycles. The van der Waals surface area contributed by atoms with Gasteiger partial charge in [0.25, 0.3) is 0 Å². The molecule has 0 saturated heterocycles. The van der Waals surface area contributed by atoms with Gasteiger partial charge >= 0.3 is 0 Å². The normalized spacial score (nSPS) is 11.8. The lowest BCUT2D eigenvalue weighted by molar-refractivity contribution is 0.385. The summed E-state index contributed by atoms with van der Waals surface area (Å²) in [4.78, 5) is 0.114. The molecule has 0 heterocycles. The molecule has 7 heteroatoms. The van der Waals surface area contributed by atoms with E-state index in [2.05, 4.69) is 15.9 Å². The zero-order chi connectivity index (χ0) is 13.9. The summed E-state index contributed by atoms with van der Waals surface area (Å²) in [5.41, 5.74) is 0. The summed E-state index contributed by atoms with van der Waals surface area (Å²) in [6.07, 6.45) is 0. The lowest BCUT2D eigenvalue weighted by Gasteiger charge is -2.23. The van der Waals surface area contributed by atoms with Crippen molar-refractivity contribution in [2.45, 2.75) is 24.8 Å². The highest BCUT2D eigenvalue weighted by Gasteiger charge is 2.27. The zero-order valence-corrected chi connectivity index (χ0v) is 13.1. The Morgan fingerprint density at radius 1 is 1.50 bits per heavy atom. The largest absolute Gasteiger partial charge is 0.244 e. The van der Waals surface area contributed by atoms with Gasteiger partial charge in [-0.15, -0.1) is 0 Å². The molecule has 0 fully saturated rings. The van der Waals surface area contributed by atoms with Crippen LogP contribution in [0, 0.1) is 11.3 Å². The van der Waals surface area contributed by atoms with Gasteiger partial charge in [0.1, 0.15) is 6.54 Å². The molecule has 0 amide bonds. The van der Waals surface area contributed by atoms with Gasteiger partial charge in [0, 0.05) is 10.5 Å². The Morgan fingerprint density at radius 2 is 2.11 bits per heavy atom. The summed E-state index contributed by atoms with van der Waals surface area (Å²) >= 11 is 9.01. The molecule has 0 aliphatic heterocycles. The van der Waals surface area contributed by atoms with Gasteiger partial charge in [-0.3, -0.25) is 0 Å². The van der Waals surface area contributed by atoms with Crippen molar-refractivity contribution in [1.82, 2.24) is 4.31 Å². The number of rotatable bonds is 4. The molecular weight excluding hydrogens is 340 g/mol. The lowest BCUT2D eigenvalue weighted by atomic mass is 10.4. The van der Waals surface area contributed by atoms with Crippen LogP contribution in [0.15, 0.2) is 27.6 Å². The molecule has 18 heavy (non-hydrogen) atoms. The molecule has 0 bridgehead atoms. The highest BCUT2D eigenvalue weighted by atomic mass is 79.9. The third kappa shape index (κ3) is 3.23. The van der Waals surface area contributed by atoms with Gasteiger partial charge in [0.15, 0.2) is 0 Å². The highest BCUT2D eigenvalue weighted by molar-refractivity contribution is 9.10. The second-order valence-corrected chi connectivity index (χ2v) is 7.03. The van der Waals surface area contributed by atoms with Gasteiger partial charge in [-0.2, -0.15) is 9.57 Å². The fourth-order valence-corrected chi connectivity index (χ4v) is 3.60. The summed E-state index contributed by atoms with van der Waals surface area (Å²) in [7, 11) is -3.68. The van der Waals surface area contributed by atoms with E-state index in [-0.39, 0.29) is 17.5 Å². The van der Waals surface area contributed by atoms with Crippen LogP contribution in [0.4, 0.5) is 0 Å². The molecule has 0 radical (unpaired) electrons. The molecule has 0 unspecified atom stereocenters. The first-order valence-electron chi connectivity index (χ1n) is 5.14. The lowest BCUT2D eigenvalue weighted by Crippen LogP contribution is -2.37. The van der Waals surface area contributed by atoms with Crippen LogP contribution in [-0.4, -0.2) is 25.3 Å². The Balaban J connectivity index is 3.27. The standard InChI is InChI=1S/C11H12BrClN2O2S/c1-8(2)15(6-5-14)18(16,17)9-3-4-11(13)10(12)7-9/h3-4,7-8H,6H2,1-2H3. The molecule has 0 atom stereocenters. The molecule has 0 aliphatic rings. The Hall–Kier alpha value is -0.610. The second kappa shape index (κ2) is 6.02. The predicted molar refractivity (Wildman–Crippen MR) is 73.8 cm³/mol. The van der Waals surface area contributed by atoms with Crippen molar-refractivity contribution in [2.75, 3.05) is 6.54 Å². The van der Waals surface area contributed by atoms with Crippen molar-refractivity contribution in [3.05, 3.63) is 27.7 Å². The fraction of sp³-hybridized carbons (Fsp3) is 0.364. The molecule has 0 N–H and O–H groups in total. The van der Waals surface area contributed by atoms with Crippen molar-refractivity contribution < 1.29 is 8.42 Å². The van der Waals surface area contributed by atoms with Crippen LogP contribution in [-0.2, 0) is 10.0 Å². The van der Waals surface area contributed by atoms with Crippen LogP contribution in [0.1, 0.15) is 13.8 Å².